The van der Waals surface area contributed by atoms with Crippen molar-refractivity contribution in [1.82, 2.24) is 0 Å². The number of thioether (sulfide) groups is 1. The highest BCUT2D eigenvalue weighted by atomic mass is 35.5. The first-order chi connectivity index (χ1) is 6.66. The van der Waals surface area contributed by atoms with Crippen LogP contribution < -0.4 is 5.32 Å². The quantitative estimate of drug-likeness (QED) is 0.730. The molecule has 2 rings (SSSR count). The van der Waals surface area contributed by atoms with E-state index in [0.29, 0.717) is 5.25 Å². The van der Waals surface area contributed by atoms with Crippen LogP contribution in [0.1, 0.15) is 13.3 Å². The number of hydrogen-bond acceptors (Lipinski definition) is 2. The van der Waals surface area contributed by atoms with Crippen molar-refractivity contribution in [1.29, 1.82) is 0 Å². The molecule has 0 saturated carbocycles. The smallest absolute Gasteiger partial charge is 0.143 e. The first-order valence-corrected chi connectivity index (χ1v) is 5.82. The molecule has 1 aromatic rings. The van der Waals surface area contributed by atoms with E-state index in [1.165, 1.54) is 6.07 Å². The lowest BCUT2D eigenvalue weighted by Gasteiger charge is -2.08. The minimum Gasteiger partial charge on any atom is -0.384 e. The molecule has 1 aliphatic rings. The molecular weight excluding hydrogens is 221 g/mol. The number of rotatable bonds is 0. The summed E-state index contributed by atoms with van der Waals surface area (Å²) in [5.41, 5.74) is 0.950. The molecule has 0 bridgehead atoms. The van der Waals surface area contributed by atoms with Gasteiger partial charge in [-0.05, 0) is 18.6 Å². The normalized spacial score (nSPS) is 20.9. The fourth-order valence-corrected chi connectivity index (χ4v) is 2.71. The third-order valence-electron chi connectivity index (χ3n) is 2.22. The number of nitrogens with one attached hydrogen (secondary N) is 1. The van der Waals surface area contributed by atoms with E-state index in [0.717, 1.165) is 23.5 Å². The zero-order valence-corrected chi connectivity index (χ0v) is 9.38. The average Bonchev–Trinajstić information content (AvgIpc) is 2.28. The van der Waals surface area contributed by atoms with Gasteiger partial charge in [0.2, 0.25) is 0 Å². The first-order valence-electron chi connectivity index (χ1n) is 4.56. The van der Waals surface area contributed by atoms with Crippen molar-refractivity contribution in [3.8, 4) is 0 Å². The molecule has 0 fully saturated rings. The Morgan fingerprint density at radius 2 is 2.36 bits per heavy atom. The summed E-state index contributed by atoms with van der Waals surface area (Å²) >= 11 is 7.41. The summed E-state index contributed by atoms with van der Waals surface area (Å²) < 4.78 is 13.2. The van der Waals surface area contributed by atoms with Gasteiger partial charge in [-0.3, -0.25) is 0 Å². The third kappa shape index (κ3) is 1.98. The summed E-state index contributed by atoms with van der Waals surface area (Å²) in [4.78, 5) is 0.955. The van der Waals surface area contributed by atoms with Gasteiger partial charge in [0, 0.05) is 22.4 Å². The molecule has 0 radical (unpaired) electrons. The predicted octanol–water partition coefficient (Wildman–Crippen LogP) is 3.78. The van der Waals surface area contributed by atoms with Crippen molar-refractivity contribution in [3.05, 3.63) is 23.0 Å². The number of fused-ring (bicyclic) bond motifs is 1. The second kappa shape index (κ2) is 3.99. The molecule has 0 aliphatic carbocycles. The Kier molecular flexibility index (Phi) is 2.88. The summed E-state index contributed by atoms with van der Waals surface area (Å²) in [7, 11) is 0. The van der Waals surface area contributed by atoms with Crippen LogP contribution in [0.25, 0.3) is 0 Å². The van der Waals surface area contributed by atoms with Gasteiger partial charge in [0.25, 0.3) is 0 Å². The van der Waals surface area contributed by atoms with Crippen LogP contribution in [0, 0.1) is 5.82 Å². The van der Waals surface area contributed by atoms with Gasteiger partial charge in [-0.2, -0.15) is 0 Å². The van der Waals surface area contributed by atoms with Gasteiger partial charge in [-0.1, -0.05) is 18.5 Å². The molecule has 1 nitrogen and oxygen atoms in total. The summed E-state index contributed by atoms with van der Waals surface area (Å²) in [5, 5.41) is 3.96. The monoisotopic (exact) mass is 231 g/mol. The van der Waals surface area contributed by atoms with Crippen LogP contribution in [0.5, 0.6) is 0 Å². The van der Waals surface area contributed by atoms with Crippen LogP contribution in [0.15, 0.2) is 17.0 Å². The highest BCUT2D eigenvalue weighted by molar-refractivity contribution is 8.00. The highest BCUT2D eigenvalue weighted by Gasteiger charge is 2.15. The number of anilines is 1. The summed E-state index contributed by atoms with van der Waals surface area (Å²) in [6.45, 7) is 3.07. The maximum absolute atomic E-state index is 13.2. The standard InChI is InChI=1S/C10H11ClFNS/c1-6-2-3-13-9-4-7(11)8(12)5-10(9)14-6/h4-6,13H,2-3H2,1H3. The molecule has 1 aromatic carbocycles. The van der Waals surface area contributed by atoms with E-state index in [9.17, 15) is 4.39 Å². The van der Waals surface area contributed by atoms with Crippen LogP contribution in [0.2, 0.25) is 5.02 Å². The molecule has 0 amide bonds. The lowest BCUT2D eigenvalue weighted by Crippen LogP contribution is -2.03. The minimum absolute atomic E-state index is 0.186. The third-order valence-corrected chi connectivity index (χ3v) is 3.74. The molecule has 1 heterocycles. The maximum Gasteiger partial charge on any atom is 0.143 e. The van der Waals surface area contributed by atoms with Crippen molar-refractivity contribution >= 4 is 29.1 Å². The summed E-state index contributed by atoms with van der Waals surface area (Å²) in [6.07, 6.45) is 1.08. The van der Waals surface area contributed by atoms with Gasteiger partial charge >= 0.3 is 0 Å². The highest BCUT2D eigenvalue weighted by Crippen LogP contribution is 2.37. The van der Waals surface area contributed by atoms with Crippen molar-refractivity contribution in [2.24, 2.45) is 0 Å². The molecule has 14 heavy (non-hydrogen) atoms. The van der Waals surface area contributed by atoms with Gasteiger partial charge in [0.1, 0.15) is 5.82 Å². The van der Waals surface area contributed by atoms with E-state index < -0.39 is 0 Å². The Morgan fingerprint density at radius 1 is 1.57 bits per heavy atom. The fourth-order valence-electron chi connectivity index (χ4n) is 1.45. The van der Waals surface area contributed by atoms with Crippen LogP contribution >= 0.6 is 23.4 Å². The van der Waals surface area contributed by atoms with E-state index in [1.54, 1.807) is 17.8 Å². The molecule has 4 heteroatoms. The Labute approximate surface area is 92.0 Å². The van der Waals surface area contributed by atoms with Gasteiger partial charge in [0.15, 0.2) is 0 Å². The topological polar surface area (TPSA) is 12.0 Å². The van der Waals surface area contributed by atoms with Crippen molar-refractivity contribution in [2.45, 2.75) is 23.5 Å². The van der Waals surface area contributed by atoms with E-state index >= 15 is 0 Å². The Bertz CT molecular complexity index is 356. The van der Waals surface area contributed by atoms with E-state index in [-0.39, 0.29) is 10.8 Å². The molecule has 1 N–H and O–H groups in total. The van der Waals surface area contributed by atoms with E-state index in [1.807, 2.05) is 0 Å². The second-order valence-corrected chi connectivity index (χ2v) is 5.29. The molecule has 1 unspecified atom stereocenters. The Balaban J connectivity index is 2.41. The van der Waals surface area contributed by atoms with Gasteiger partial charge < -0.3 is 5.32 Å². The largest absolute Gasteiger partial charge is 0.384 e. The zero-order chi connectivity index (χ0) is 10.1. The Morgan fingerprint density at radius 3 is 3.14 bits per heavy atom. The van der Waals surface area contributed by atoms with Crippen LogP contribution in [0.4, 0.5) is 10.1 Å². The Hall–Kier alpha value is -0.410. The second-order valence-electron chi connectivity index (χ2n) is 3.41. The van der Waals surface area contributed by atoms with E-state index in [2.05, 4.69) is 12.2 Å². The number of benzene rings is 1. The summed E-state index contributed by atoms with van der Waals surface area (Å²) in [5.74, 6) is -0.339. The maximum atomic E-state index is 13.2. The van der Waals surface area contributed by atoms with Crippen molar-refractivity contribution < 1.29 is 4.39 Å². The van der Waals surface area contributed by atoms with Crippen LogP contribution in [0.3, 0.4) is 0 Å². The van der Waals surface area contributed by atoms with Gasteiger partial charge in [-0.25, -0.2) is 4.39 Å². The molecule has 0 aromatic heterocycles. The van der Waals surface area contributed by atoms with Crippen LogP contribution in [-0.2, 0) is 0 Å². The first kappa shape index (κ1) is 10.1. The van der Waals surface area contributed by atoms with Crippen molar-refractivity contribution in [3.63, 3.8) is 0 Å². The molecular formula is C10H11ClFNS. The van der Waals surface area contributed by atoms with Gasteiger partial charge in [0.05, 0.1) is 5.02 Å². The SMILES string of the molecule is CC1CCNc2cc(Cl)c(F)cc2S1. The molecule has 0 spiro atoms. The number of hydrogen-bond donors (Lipinski definition) is 1. The van der Waals surface area contributed by atoms with Crippen LogP contribution in [-0.4, -0.2) is 11.8 Å². The molecule has 1 atom stereocenters. The predicted molar refractivity (Wildman–Crippen MR) is 59.8 cm³/mol. The number of halogens is 2. The van der Waals surface area contributed by atoms with E-state index in [4.69, 9.17) is 11.6 Å². The van der Waals surface area contributed by atoms with Crippen molar-refractivity contribution in [2.75, 3.05) is 11.9 Å². The van der Waals surface area contributed by atoms with Gasteiger partial charge in [-0.15, -0.1) is 11.8 Å². The zero-order valence-electron chi connectivity index (χ0n) is 7.81. The molecule has 76 valence electrons. The summed E-state index contributed by atoms with van der Waals surface area (Å²) in [6, 6.07) is 3.18. The minimum atomic E-state index is -0.339. The lowest BCUT2D eigenvalue weighted by molar-refractivity contribution is 0.625. The molecule has 1 aliphatic heterocycles. The average molecular weight is 232 g/mol. The lowest BCUT2D eigenvalue weighted by atomic mass is 10.3. The molecule has 0 saturated heterocycles. The fraction of sp³-hybridized carbons (Fsp3) is 0.400.